The molecule has 0 fully saturated rings. The van der Waals surface area contributed by atoms with Gasteiger partial charge in [0.2, 0.25) is 0 Å². The van der Waals surface area contributed by atoms with Gasteiger partial charge in [0, 0.05) is 10.0 Å². The van der Waals surface area contributed by atoms with Crippen molar-refractivity contribution in [3.63, 3.8) is 0 Å². The summed E-state index contributed by atoms with van der Waals surface area (Å²) in [5, 5.41) is 11.7. The second-order valence-electron chi connectivity index (χ2n) is 4.23. The van der Waals surface area contributed by atoms with Crippen LogP contribution in [-0.4, -0.2) is 29.9 Å². The fourth-order valence-electron chi connectivity index (χ4n) is 1.38. The molecule has 4 radical (unpaired) electrons. The van der Waals surface area contributed by atoms with E-state index in [0.29, 0.717) is 4.90 Å². The number of carboxylic acid groups (broad SMARTS) is 1. The molecule has 0 unspecified atom stereocenters. The summed E-state index contributed by atoms with van der Waals surface area (Å²) in [5.41, 5.74) is 0.0810. The van der Waals surface area contributed by atoms with Gasteiger partial charge >= 0.3 is 23.9 Å². The summed E-state index contributed by atoms with van der Waals surface area (Å²) in [4.78, 5) is 10.6. The Hall–Kier alpha value is -1.27. The average molecular weight is 494 g/mol. The van der Waals surface area contributed by atoms with Crippen LogP contribution in [0.4, 0.5) is 0 Å². The number of aromatic carboxylic acids is 1. The number of benzene rings is 3. The zero-order chi connectivity index (χ0) is 17.8. The maximum atomic E-state index is 10.2. The Balaban J connectivity index is 0.000000347. The van der Waals surface area contributed by atoms with Crippen molar-refractivity contribution in [1.82, 2.24) is 0 Å². The van der Waals surface area contributed by atoms with E-state index >= 15 is 0 Å². The molecule has 0 saturated carbocycles. The van der Waals surface area contributed by atoms with Crippen molar-refractivity contribution >= 4 is 65.7 Å². The Morgan fingerprint density at radius 1 is 0.880 bits per heavy atom. The van der Waals surface area contributed by atoms with Gasteiger partial charge in [-0.25, -0.2) is 0 Å². The molecule has 0 atom stereocenters. The smallest absolute Gasteiger partial charge is 0.779 e. The fourth-order valence-corrected chi connectivity index (χ4v) is 1.88. The Kier molecular flexibility index (Phi) is 13.2. The molecule has 0 N–H and O–H groups in total. The maximum absolute atomic E-state index is 10.2. The van der Waals surface area contributed by atoms with Gasteiger partial charge in [-0.3, -0.25) is 0 Å². The number of carbonyl (C=O) groups is 1. The van der Waals surface area contributed by atoms with Gasteiger partial charge in [0.25, 0.3) is 0 Å². The Bertz CT molecular complexity index is 703. The minimum Gasteiger partial charge on any atom is -0.779 e. The third-order valence-corrected chi connectivity index (χ3v) is 3.27. The van der Waals surface area contributed by atoms with E-state index in [0.717, 1.165) is 10.0 Å². The molecule has 0 aliphatic heterocycles. The molecule has 3 aromatic rings. The van der Waals surface area contributed by atoms with Crippen LogP contribution in [0.2, 0.25) is 10.0 Å². The third-order valence-electron chi connectivity index (χ3n) is 2.45. The van der Waals surface area contributed by atoms with Gasteiger partial charge < -0.3 is 22.5 Å². The number of rotatable bonds is 1. The molecule has 6 heteroatoms. The quantitative estimate of drug-likeness (QED) is 0.382. The molecule has 0 aliphatic carbocycles. The van der Waals surface area contributed by atoms with Gasteiger partial charge in [0.15, 0.2) is 0 Å². The van der Waals surface area contributed by atoms with Crippen LogP contribution in [0.3, 0.4) is 0 Å². The fraction of sp³-hybridized carbons (Fsp3) is 0. The van der Waals surface area contributed by atoms with E-state index in [1.165, 1.54) is 6.07 Å². The largest absolute Gasteiger partial charge is 2.00 e. The number of carboxylic acids is 1. The maximum Gasteiger partial charge on any atom is 2.00 e. The standard InChI is InChI=1S/C7H6O2S.2C6H4Cl.Sn/c8-7(9)5-3-1-2-4-6(5)10;2*7-6-4-2-1-3-5-6;/h1-4,10H,(H,8,9);2*1-2,4-5H;/q;;;+2/p-2. The van der Waals surface area contributed by atoms with E-state index < -0.39 is 5.97 Å². The summed E-state index contributed by atoms with van der Waals surface area (Å²) in [7, 11) is 0. The van der Waals surface area contributed by atoms with Gasteiger partial charge in [0.1, 0.15) is 0 Å². The van der Waals surface area contributed by atoms with Crippen LogP contribution in [0.25, 0.3) is 0 Å². The summed E-state index contributed by atoms with van der Waals surface area (Å²) in [6, 6.07) is 26.3. The van der Waals surface area contributed by atoms with Gasteiger partial charge in [-0.15, -0.1) is 0 Å². The molecule has 0 amide bonds. The second kappa shape index (κ2) is 14.0. The molecule has 3 rings (SSSR count). The van der Waals surface area contributed by atoms with Gasteiger partial charge in [0.05, 0.1) is 5.97 Å². The molecule has 25 heavy (non-hydrogen) atoms. The predicted octanol–water partition coefficient (Wildman–Crippen LogP) is 3.86. The summed E-state index contributed by atoms with van der Waals surface area (Å²) >= 11 is 15.7. The minimum absolute atomic E-state index is 0. The zero-order valence-corrected chi connectivity index (χ0v) is 18.1. The topological polar surface area (TPSA) is 40.1 Å². The van der Waals surface area contributed by atoms with Crippen LogP contribution >= 0.6 is 23.2 Å². The molecule has 2 nitrogen and oxygen atoms in total. The summed E-state index contributed by atoms with van der Waals surface area (Å²) in [6.45, 7) is 0. The molecular weight excluding hydrogens is 482 g/mol. The number of hydrogen-bond acceptors (Lipinski definition) is 3. The van der Waals surface area contributed by atoms with E-state index in [4.69, 9.17) is 35.8 Å². The van der Waals surface area contributed by atoms with Crippen molar-refractivity contribution < 1.29 is 9.90 Å². The van der Waals surface area contributed by atoms with Crippen molar-refractivity contribution in [1.29, 1.82) is 0 Å². The normalized spacial score (nSPS) is 8.56. The molecule has 124 valence electrons. The minimum atomic E-state index is -1.22. The van der Waals surface area contributed by atoms with Crippen molar-refractivity contribution in [3.8, 4) is 0 Å². The number of halogens is 2. The van der Waals surface area contributed by atoms with Crippen LogP contribution in [0.1, 0.15) is 10.4 Å². The van der Waals surface area contributed by atoms with E-state index in [1.54, 1.807) is 30.3 Å². The summed E-state index contributed by atoms with van der Waals surface area (Å²) in [6.07, 6.45) is 0. The SMILES string of the molecule is Clc1c[c]ccc1.Clc1c[c]ccc1.O=C([O-])c1ccccc1[S-].[Sn+2]. The zero-order valence-electron chi connectivity index (χ0n) is 12.9. The van der Waals surface area contributed by atoms with Crippen LogP contribution in [0.15, 0.2) is 77.7 Å². The first-order valence-corrected chi connectivity index (χ1v) is 7.87. The first-order valence-electron chi connectivity index (χ1n) is 6.71. The number of carbonyl (C=O) groups excluding carboxylic acids is 1. The monoisotopic (exact) mass is 494 g/mol. The van der Waals surface area contributed by atoms with E-state index in [2.05, 4.69) is 12.1 Å². The molecule has 0 aromatic heterocycles. The third kappa shape index (κ3) is 11.1. The molecule has 0 saturated heterocycles. The molecule has 3 aromatic carbocycles. The van der Waals surface area contributed by atoms with Gasteiger partial charge in [-0.05, 0) is 42.0 Å². The molecule has 0 heterocycles. The van der Waals surface area contributed by atoms with E-state index in [1.807, 2.05) is 36.4 Å². The first kappa shape index (κ1) is 23.7. The van der Waals surface area contributed by atoms with Crippen LogP contribution in [0, 0.1) is 12.1 Å². The summed E-state index contributed by atoms with van der Waals surface area (Å²) in [5.74, 6) is -1.22. The Morgan fingerprint density at radius 3 is 1.60 bits per heavy atom. The Morgan fingerprint density at radius 2 is 1.36 bits per heavy atom. The molecule has 0 bridgehead atoms. The molecule has 0 spiro atoms. The van der Waals surface area contributed by atoms with Gasteiger partial charge in [-0.2, -0.15) is 4.90 Å². The molecular formula is C19H12Cl2O2SSn. The number of hydrogen-bond donors (Lipinski definition) is 0. The van der Waals surface area contributed by atoms with E-state index in [9.17, 15) is 9.90 Å². The van der Waals surface area contributed by atoms with Crippen molar-refractivity contribution in [2.75, 3.05) is 0 Å². The second-order valence-corrected chi connectivity index (χ2v) is 5.54. The predicted molar refractivity (Wildman–Crippen MR) is 103 cm³/mol. The Labute approximate surface area is 180 Å². The summed E-state index contributed by atoms with van der Waals surface area (Å²) < 4.78 is 0. The van der Waals surface area contributed by atoms with Gasteiger partial charge in [-0.1, -0.05) is 71.7 Å². The van der Waals surface area contributed by atoms with Crippen molar-refractivity contribution in [3.05, 3.63) is 101 Å². The first-order chi connectivity index (χ1) is 11.5. The van der Waals surface area contributed by atoms with Crippen LogP contribution in [-0.2, 0) is 12.6 Å². The van der Waals surface area contributed by atoms with E-state index in [-0.39, 0.29) is 29.5 Å². The molecule has 0 aliphatic rings. The van der Waals surface area contributed by atoms with Crippen LogP contribution in [0.5, 0.6) is 0 Å². The van der Waals surface area contributed by atoms with Crippen LogP contribution < -0.4 is 5.11 Å². The van der Waals surface area contributed by atoms with Crippen molar-refractivity contribution in [2.24, 2.45) is 0 Å². The average Bonchev–Trinajstić information content (AvgIpc) is 2.57. The van der Waals surface area contributed by atoms with Crippen molar-refractivity contribution in [2.45, 2.75) is 4.90 Å².